The molecule has 0 amide bonds. The number of halogens is 2. The van der Waals surface area contributed by atoms with Crippen molar-refractivity contribution >= 4 is 40.1 Å². The summed E-state index contributed by atoms with van der Waals surface area (Å²) < 4.78 is 6.10. The van der Waals surface area contributed by atoms with E-state index in [4.69, 9.17) is 27.9 Å². The summed E-state index contributed by atoms with van der Waals surface area (Å²) in [7, 11) is 1.28. The van der Waals surface area contributed by atoms with Crippen LogP contribution in [0.15, 0.2) is 41.3 Å². The number of aromatic nitrogens is 2. The van der Waals surface area contributed by atoms with Gasteiger partial charge in [-0.05, 0) is 37.3 Å². The largest absolute Gasteiger partial charge is 0.465 e. The number of methoxy groups -OCH3 is 1. The highest BCUT2D eigenvalue weighted by Gasteiger charge is 2.15. The van der Waals surface area contributed by atoms with Crippen molar-refractivity contribution in [2.24, 2.45) is 0 Å². The Bertz CT molecular complexity index is 1030. The number of esters is 1. The third kappa shape index (κ3) is 2.77. The number of pyridine rings is 2. The second kappa shape index (κ2) is 6.26. The predicted molar refractivity (Wildman–Crippen MR) is 93.4 cm³/mol. The smallest absolute Gasteiger partial charge is 0.339 e. The van der Waals surface area contributed by atoms with Crippen molar-refractivity contribution in [3.8, 4) is 5.69 Å². The zero-order valence-electron chi connectivity index (χ0n) is 12.8. The second-order valence-electron chi connectivity index (χ2n) is 5.13. The standard InChI is InChI=1S/C17H12Cl2N2O3/c1-9-11(17(23)24-2)8-12-14(20-9)5-6-21(16(12)22)15-7-10(18)3-4-13(15)19/h3-8H,1-2H3. The molecule has 0 saturated carbocycles. The van der Waals surface area contributed by atoms with Crippen molar-refractivity contribution in [1.29, 1.82) is 0 Å². The first kappa shape index (κ1) is 16.5. The van der Waals surface area contributed by atoms with Crippen LogP contribution in [0.2, 0.25) is 10.0 Å². The van der Waals surface area contributed by atoms with E-state index >= 15 is 0 Å². The topological polar surface area (TPSA) is 61.2 Å². The Kier molecular flexibility index (Phi) is 4.30. The summed E-state index contributed by atoms with van der Waals surface area (Å²) in [6.07, 6.45) is 1.58. The maximum atomic E-state index is 12.8. The van der Waals surface area contributed by atoms with Crippen molar-refractivity contribution in [3.63, 3.8) is 0 Å². The number of nitrogens with zero attached hydrogens (tertiary/aromatic N) is 2. The highest BCUT2D eigenvalue weighted by molar-refractivity contribution is 6.34. The number of hydrogen-bond donors (Lipinski definition) is 0. The molecule has 5 nitrogen and oxygen atoms in total. The van der Waals surface area contributed by atoms with Crippen molar-refractivity contribution in [1.82, 2.24) is 9.55 Å². The summed E-state index contributed by atoms with van der Waals surface area (Å²) in [5.74, 6) is -0.544. The zero-order chi connectivity index (χ0) is 17.4. The molecule has 0 aliphatic rings. The minimum Gasteiger partial charge on any atom is -0.465 e. The van der Waals surface area contributed by atoms with Crippen LogP contribution in [0.25, 0.3) is 16.6 Å². The van der Waals surface area contributed by atoms with Gasteiger partial charge in [-0.3, -0.25) is 14.3 Å². The van der Waals surface area contributed by atoms with E-state index in [0.717, 1.165) is 0 Å². The summed E-state index contributed by atoms with van der Waals surface area (Å²) in [5.41, 5.74) is 1.33. The Morgan fingerprint density at radius 2 is 1.96 bits per heavy atom. The molecule has 0 aliphatic heterocycles. The summed E-state index contributed by atoms with van der Waals surface area (Å²) in [6.45, 7) is 1.69. The molecule has 0 atom stereocenters. The Hall–Kier alpha value is -2.37. The molecule has 0 N–H and O–H groups in total. The molecule has 2 aromatic heterocycles. The average Bonchev–Trinajstić information content (AvgIpc) is 2.56. The molecule has 0 saturated heterocycles. The van der Waals surface area contributed by atoms with E-state index in [9.17, 15) is 9.59 Å². The van der Waals surface area contributed by atoms with E-state index < -0.39 is 5.97 Å². The molecule has 1 aromatic carbocycles. The van der Waals surface area contributed by atoms with Gasteiger partial charge in [0.2, 0.25) is 0 Å². The van der Waals surface area contributed by atoms with Gasteiger partial charge in [0, 0.05) is 11.2 Å². The first-order chi connectivity index (χ1) is 11.4. The fraction of sp³-hybridized carbons (Fsp3) is 0.118. The normalized spacial score (nSPS) is 10.8. The third-order valence-corrected chi connectivity index (χ3v) is 4.20. The summed E-state index contributed by atoms with van der Waals surface area (Å²) in [4.78, 5) is 29.0. The molecule has 2 heterocycles. The van der Waals surface area contributed by atoms with Crippen LogP contribution in [-0.2, 0) is 4.74 Å². The number of carbonyl (C=O) groups is 1. The van der Waals surface area contributed by atoms with Crippen LogP contribution >= 0.6 is 23.2 Å². The zero-order valence-corrected chi connectivity index (χ0v) is 14.4. The van der Waals surface area contributed by atoms with Crippen LogP contribution in [0.1, 0.15) is 16.1 Å². The first-order valence-corrected chi connectivity index (χ1v) is 7.74. The van der Waals surface area contributed by atoms with Gasteiger partial charge in [0.1, 0.15) is 0 Å². The van der Waals surface area contributed by atoms with Gasteiger partial charge in [0.25, 0.3) is 5.56 Å². The molecule has 0 aliphatic carbocycles. The van der Waals surface area contributed by atoms with Crippen molar-refractivity contribution in [2.45, 2.75) is 6.92 Å². The Balaban J connectivity index is 2.31. The number of hydrogen-bond acceptors (Lipinski definition) is 4. The molecule has 3 aromatic rings. The van der Waals surface area contributed by atoms with Gasteiger partial charge in [-0.15, -0.1) is 0 Å². The second-order valence-corrected chi connectivity index (χ2v) is 5.98. The molecule has 0 radical (unpaired) electrons. The number of ether oxygens (including phenoxy) is 1. The van der Waals surface area contributed by atoms with Crippen LogP contribution in [0.4, 0.5) is 0 Å². The Labute approximate surface area is 147 Å². The molecule has 0 unspecified atom stereocenters. The van der Waals surface area contributed by atoms with Crippen LogP contribution in [0.5, 0.6) is 0 Å². The molecular weight excluding hydrogens is 351 g/mol. The Morgan fingerprint density at radius 1 is 1.21 bits per heavy atom. The average molecular weight is 363 g/mol. The highest BCUT2D eigenvalue weighted by atomic mass is 35.5. The minimum atomic E-state index is -0.544. The maximum Gasteiger partial charge on any atom is 0.339 e. The van der Waals surface area contributed by atoms with Crippen LogP contribution in [0, 0.1) is 6.92 Å². The molecule has 24 heavy (non-hydrogen) atoms. The van der Waals surface area contributed by atoms with Gasteiger partial charge in [-0.2, -0.15) is 0 Å². The summed E-state index contributed by atoms with van der Waals surface area (Å²) in [6, 6.07) is 8.02. The number of rotatable bonds is 2. The van der Waals surface area contributed by atoms with E-state index in [1.165, 1.54) is 17.7 Å². The quantitative estimate of drug-likeness (QED) is 0.650. The van der Waals surface area contributed by atoms with Gasteiger partial charge >= 0.3 is 5.97 Å². The van der Waals surface area contributed by atoms with Crippen LogP contribution < -0.4 is 5.56 Å². The monoisotopic (exact) mass is 362 g/mol. The number of fused-ring (bicyclic) bond motifs is 1. The lowest BCUT2D eigenvalue weighted by Gasteiger charge is -2.11. The molecular formula is C17H12Cl2N2O3. The lowest BCUT2D eigenvalue weighted by molar-refractivity contribution is 0.0599. The molecule has 0 bridgehead atoms. The number of carbonyl (C=O) groups excluding carboxylic acids is 1. The Morgan fingerprint density at radius 3 is 2.67 bits per heavy atom. The third-order valence-electron chi connectivity index (χ3n) is 3.65. The van der Waals surface area contributed by atoms with E-state index in [0.29, 0.717) is 32.3 Å². The molecule has 3 rings (SSSR count). The van der Waals surface area contributed by atoms with Gasteiger partial charge in [-0.1, -0.05) is 23.2 Å². The van der Waals surface area contributed by atoms with E-state index in [-0.39, 0.29) is 11.1 Å². The van der Waals surface area contributed by atoms with Crippen molar-refractivity contribution in [3.05, 3.63) is 68.2 Å². The van der Waals surface area contributed by atoms with Gasteiger partial charge in [0.05, 0.1) is 40.0 Å². The molecule has 7 heteroatoms. The van der Waals surface area contributed by atoms with Crippen molar-refractivity contribution in [2.75, 3.05) is 7.11 Å². The number of benzene rings is 1. The number of aryl methyl sites for hydroxylation is 1. The van der Waals surface area contributed by atoms with E-state index in [1.807, 2.05) is 0 Å². The van der Waals surface area contributed by atoms with E-state index in [1.54, 1.807) is 37.4 Å². The van der Waals surface area contributed by atoms with E-state index in [2.05, 4.69) is 4.98 Å². The molecule has 0 spiro atoms. The fourth-order valence-corrected chi connectivity index (χ4v) is 2.82. The first-order valence-electron chi connectivity index (χ1n) is 6.99. The lowest BCUT2D eigenvalue weighted by Crippen LogP contribution is -2.19. The van der Waals surface area contributed by atoms with Gasteiger partial charge < -0.3 is 4.74 Å². The predicted octanol–water partition coefficient (Wildman–Crippen LogP) is 3.79. The van der Waals surface area contributed by atoms with Gasteiger partial charge in [0.15, 0.2) is 0 Å². The van der Waals surface area contributed by atoms with Crippen LogP contribution in [-0.4, -0.2) is 22.6 Å². The molecule has 122 valence electrons. The summed E-state index contributed by atoms with van der Waals surface area (Å²) >= 11 is 12.2. The minimum absolute atomic E-state index is 0.247. The van der Waals surface area contributed by atoms with Crippen molar-refractivity contribution < 1.29 is 9.53 Å². The summed E-state index contributed by atoms with van der Waals surface area (Å²) in [5, 5.41) is 1.13. The molecule has 0 fully saturated rings. The highest BCUT2D eigenvalue weighted by Crippen LogP contribution is 2.24. The fourth-order valence-electron chi connectivity index (χ4n) is 2.44. The maximum absolute atomic E-state index is 12.8. The SMILES string of the molecule is COC(=O)c1cc2c(=O)n(-c3cc(Cl)ccc3Cl)ccc2nc1C. The lowest BCUT2D eigenvalue weighted by atomic mass is 10.1. The van der Waals surface area contributed by atoms with Crippen LogP contribution in [0.3, 0.4) is 0 Å². The van der Waals surface area contributed by atoms with Gasteiger partial charge in [-0.25, -0.2) is 4.79 Å².